The number of hydrogen-bond donors (Lipinski definition) is 1. The Kier molecular flexibility index (Phi) is 6.03. The van der Waals surface area contributed by atoms with Gasteiger partial charge in [-0.25, -0.2) is 4.98 Å². The van der Waals surface area contributed by atoms with Crippen molar-refractivity contribution in [2.45, 2.75) is 45.2 Å². The summed E-state index contributed by atoms with van der Waals surface area (Å²) >= 11 is 1.71. The van der Waals surface area contributed by atoms with Gasteiger partial charge in [0.2, 0.25) is 0 Å². The predicted octanol–water partition coefficient (Wildman–Crippen LogP) is 4.70. The van der Waals surface area contributed by atoms with Gasteiger partial charge >= 0.3 is 0 Å². The molecule has 1 aromatic carbocycles. The zero-order valence-electron chi connectivity index (χ0n) is 16.6. The van der Waals surface area contributed by atoms with Crippen molar-refractivity contribution in [2.75, 3.05) is 18.0 Å². The summed E-state index contributed by atoms with van der Waals surface area (Å²) in [5.41, 5.74) is 4.91. The molecule has 1 saturated heterocycles. The Morgan fingerprint density at radius 1 is 1.21 bits per heavy atom. The zero-order valence-corrected chi connectivity index (χ0v) is 17.5. The van der Waals surface area contributed by atoms with E-state index in [0.29, 0.717) is 12.1 Å². The van der Waals surface area contributed by atoms with Crippen LogP contribution >= 0.6 is 11.3 Å². The molecule has 146 valence electrons. The maximum Gasteiger partial charge on any atom is 0.0901 e. The van der Waals surface area contributed by atoms with Crippen molar-refractivity contribution in [1.29, 1.82) is 0 Å². The number of thiazole rings is 1. The second kappa shape index (κ2) is 8.84. The molecule has 5 heteroatoms. The van der Waals surface area contributed by atoms with Gasteiger partial charge in [0, 0.05) is 54.2 Å². The van der Waals surface area contributed by atoms with Gasteiger partial charge in [0.15, 0.2) is 0 Å². The van der Waals surface area contributed by atoms with Crippen LogP contribution in [0.25, 0.3) is 11.3 Å². The summed E-state index contributed by atoms with van der Waals surface area (Å²) < 4.78 is 0. The van der Waals surface area contributed by atoms with E-state index in [9.17, 15) is 0 Å². The summed E-state index contributed by atoms with van der Waals surface area (Å²) in [6.07, 6.45) is 7.19. The molecule has 3 heterocycles. The molecule has 4 rings (SSSR count). The highest BCUT2D eigenvalue weighted by Crippen LogP contribution is 2.27. The minimum Gasteiger partial charge on any atom is -0.371 e. The van der Waals surface area contributed by atoms with Crippen LogP contribution < -0.4 is 10.2 Å². The van der Waals surface area contributed by atoms with Crippen molar-refractivity contribution in [3.05, 3.63) is 64.7 Å². The molecule has 1 N–H and O–H groups in total. The third-order valence-electron chi connectivity index (χ3n) is 5.41. The lowest BCUT2D eigenvalue weighted by atomic mass is 10.0. The van der Waals surface area contributed by atoms with Crippen LogP contribution in [0, 0.1) is 6.92 Å². The van der Waals surface area contributed by atoms with E-state index in [-0.39, 0.29) is 0 Å². The fourth-order valence-corrected chi connectivity index (χ4v) is 4.62. The standard InChI is InChI=1S/C23H28N4S/c1-17(13-19-5-4-10-24-15-19)25-21-8-11-27(12-9-21)22-7-3-6-20(14-22)23-16-28-18(2)26-23/h3-7,10,14-17,21,25H,8-9,11-13H2,1-2H3/t17-/m1/s1. The Morgan fingerprint density at radius 3 is 2.79 bits per heavy atom. The van der Waals surface area contributed by atoms with Crippen LogP contribution in [0.3, 0.4) is 0 Å². The molecule has 28 heavy (non-hydrogen) atoms. The second-order valence-corrected chi connectivity index (χ2v) is 8.76. The molecule has 1 fully saturated rings. The van der Waals surface area contributed by atoms with Gasteiger partial charge in [-0.15, -0.1) is 11.3 Å². The Morgan fingerprint density at radius 2 is 2.07 bits per heavy atom. The molecule has 3 aromatic rings. The topological polar surface area (TPSA) is 41.1 Å². The highest BCUT2D eigenvalue weighted by Gasteiger charge is 2.21. The van der Waals surface area contributed by atoms with Crippen LogP contribution in [-0.4, -0.2) is 35.1 Å². The average Bonchev–Trinajstić information content (AvgIpc) is 3.16. The fraction of sp³-hybridized carbons (Fsp3) is 0.391. The first kappa shape index (κ1) is 19.1. The van der Waals surface area contributed by atoms with E-state index < -0.39 is 0 Å². The predicted molar refractivity (Wildman–Crippen MR) is 118 cm³/mol. The molecule has 0 spiro atoms. The number of rotatable bonds is 6. The van der Waals surface area contributed by atoms with Crippen molar-refractivity contribution in [2.24, 2.45) is 0 Å². The number of hydrogen-bond acceptors (Lipinski definition) is 5. The van der Waals surface area contributed by atoms with Crippen molar-refractivity contribution in [1.82, 2.24) is 15.3 Å². The summed E-state index contributed by atoms with van der Waals surface area (Å²) in [4.78, 5) is 11.4. The minimum atomic E-state index is 0.469. The third kappa shape index (κ3) is 4.78. The lowest BCUT2D eigenvalue weighted by Gasteiger charge is -2.35. The second-order valence-electron chi connectivity index (χ2n) is 7.70. The molecule has 1 aliphatic heterocycles. The SMILES string of the molecule is Cc1nc(-c2cccc(N3CCC(N[C@H](C)Cc4cccnc4)CC3)c2)cs1. The van der Waals surface area contributed by atoms with Crippen LogP contribution in [0.5, 0.6) is 0 Å². The van der Waals surface area contributed by atoms with Crippen molar-refractivity contribution in [3.63, 3.8) is 0 Å². The normalized spacial score (nSPS) is 16.3. The highest BCUT2D eigenvalue weighted by molar-refractivity contribution is 7.09. The van der Waals surface area contributed by atoms with E-state index in [1.54, 1.807) is 11.3 Å². The van der Waals surface area contributed by atoms with E-state index in [1.165, 1.54) is 29.7 Å². The first-order chi connectivity index (χ1) is 13.7. The number of aromatic nitrogens is 2. The van der Waals surface area contributed by atoms with E-state index in [2.05, 4.69) is 69.7 Å². The van der Waals surface area contributed by atoms with Gasteiger partial charge in [-0.2, -0.15) is 0 Å². The van der Waals surface area contributed by atoms with E-state index in [4.69, 9.17) is 0 Å². The first-order valence-corrected chi connectivity index (χ1v) is 11.0. The lowest BCUT2D eigenvalue weighted by molar-refractivity contribution is 0.375. The van der Waals surface area contributed by atoms with Crippen molar-refractivity contribution >= 4 is 17.0 Å². The van der Waals surface area contributed by atoms with Crippen LogP contribution in [-0.2, 0) is 6.42 Å². The largest absolute Gasteiger partial charge is 0.371 e. The number of nitrogens with one attached hydrogen (secondary N) is 1. The van der Waals surface area contributed by atoms with Gasteiger partial charge < -0.3 is 10.2 Å². The lowest BCUT2D eigenvalue weighted by Crippen LogP contribution is -2.46. The van der Waals surface area contributed by atoms with Crippen molar-refractivity contribution in [3.8, 4) is 11.3 Å². The number of nitrogens with zero attached hydrogens (tertiary/aromatic N) is 3. The molecule has 2 aromatic heterocycles. The van der Waals surface area contributed by atoms with Gasteiger partial charge in [-0.05, 0) is 56.9 Å². The van der Waals surface area contributed by atoms with Crippen LogP contribution in [0.15, 0.2) is 54.2 Å². The van der Waals surface area contributed by atoms with Crippen LogP contribution in [0.1, 0.15) is 30.3 Å². The summed E-state index contributed by atoms with van der Waals surface area (Å²) in [5, 5.41) is 7.08. The quantitative estimate of drug-likeness (QED) is 0.660. The monoisotopic (exact) mass is 392 g/mol. The molecule has 0 aliphatic carbocycles. The third-order valence-corrected chi connectivity index (χ3v) is 6.18. The van der Waals surface area contributed by atoms with Gasteiger partial charge in [-0.1, -0.05) is 18.2 Å². The maximum absolute atomic E-state index is 4.63. The Balaban J connectivity index is 1.32. The molecule has 0 bridgehead atoms. The van der Waals surface area contributed by atoms with E-state index >= 15 is 0 Å². The molecule has 0 radical (unpaired) electrons. The summed E-state index contributed by atoms with van der Waals surface area (Å²) in [6, 6.07) is 14.1. The maximum atomic E-state index is 4.63. The molecule has 0 unspecified atom stereocenters. The van der Waals surface area contributed by atoms with E-state index in [1.807, 2.05) is 18.5 Å². The fourth-order valence-electron chi connectivity index (χ4n) is 4.00. The highest BCUT2D eigenvalue weighted by atomic mass is 32.1. The molecular weight excluding hydrogens is 364 g/mol. The summed E-state index contributed by atoms with van der Waals surface area (Å²) in [7, 11) is 0. The Labute approximate surface area is 171 Å². The molecule has 0 amide bonds. The molecule has 1 atom stereocenters. The van der Waals surface area contributed by atoms with Gasteiger partial charge in [0.25, 0.3) is 0 Å². The molecule has 4 nitrogen and oxygen atoms in total. The smallest absolute Gasteiger partial charge is 0.0901 e. The zero-order chi connectivity index (χ0) is 19.3. The molecule has 0 saturated carbocycles. The van der Waals surface area contributed by atoms with Gasteiger partial charge in [-0.3, -0.25) is 4.98 Å². The Hall–Kier alpha value is -2.24. The summed E-state index contributed by atoms with van der Waals surface area (Å²) in [5.74, 6) is 0. The average molecular weight is 393 g/mol. The number of piperidine rings is 1. The van der Waals surface area contributed by atoms with Crippen LogP contribution in [0.4, 0.5) is 5.69 Å². The van der Waals surface area contributed by atoms with Crippen LogP contribution in [0.2, 0.25) is 0 Å². The number of aryl methyl sites for hydroxylation is 1. The molecule has 1 aliphatic rings. The molecular formula is C23H28N4S. The van der Waals surface area contributed by atoms with Crippen molar-refractivity contribution < 1.29 is 0 Å². The minimum absolute atomic E-state index is 0.469. The Bertz CT molecular complexity index is 884. The van der Waals surface area contributed by atoms with Gasteiger partial charge in [0.1, 0.15) is 0 Å². The first-order valence-electron chi connectivity index (χ1n) is 10.1. The van der Waals surface area contributed by atoms with E-state index in [0.717, 1.165) is 30.2 Å². The summed E-state index contributed by atoms with van der Waals surface area (Å²) in [6.45, 7) is 6.53. The number of benzene rings is 1. The number of anilines is 1. The van der Waals surface area contributed by atoms with Gasteiger partial charge in [0.05, 0.1) is 10.7 Å². The number of pyridine rings is 1.